The molecule has 1 atom stereocenters. The highest BCUT2D eigenvalue weighted by Gasteiger charge is 2.73. The van der Waals surface area contributed by atoms with E-state index in [-0.39, 0.29) is 16.9 Å². The van der Waals surface area contributed by atoms with Crippen molar-refractivity contribution in [3.8, 4) is 11.9 Å². The van der Waals surface area contributed by atoms with E-state index in [0.717, 1.165) is 0 Å². The second-order valence-electron chi connectivity index (χ2n) is 8.91. The zero-order valence-corrected chi connectivity index (χ0v) is 16.9. The first-order chi connectivity index (χ1) is 14.8. The number of rotatable bonds is 5. The van der Waals surface area contributed by atoms with Crippen molar-refractivity contribution in [3.63, 3.8) is 0 Å². The van der Waals surface area contributed by atoms with Gasteiger partial charge in [-0.1, -0.05) is 0 Å². The molecule has 3 aliphatic carbocycles. The maximum absolute atomic E-state index is 14.0. The minimum atomic E-state index is -0.618. The van der Waals surface area contributed by atoms with Gasteiger partial charge in [0.2, 0.25) is 11.8 Å². The predicted octanol–water partition coefficient (Wildman–Crippen LogP) is 4.05. The normalized spacial score (nSPS) is 27.9. The topological polar surface area (TPSA) is 78.6 Å². The maximum Gasteiger partial charge on any atom is 0.249 e. The Labute approximate surface area is 178 Å². The molecule has 1 aromatic heterocycles. The first-order valence-corrected chi connectivity index (χ1v) is 10.2. The molecule has 2 heterocycles. The van der Waals surface area contributed by atoms with Gasteiger partial charge in [-0.25, -0.2) is 18.8 Å². The molecule has 1 aromatic carbocycles. The first kappa shape index (κ1) is 19.6. The molecule has 0 spiro atoms. The van der Waals surface area contributed by atoms with Gasteiger partial charge in [-0.2, -0.15) is 10.4 Å². The number of carbonyl (C=O) groups is 1. The van der Waals surface area contributed by atoms with Gasteiger partial charge in [0.05, 0.1) is 23.6 Å². The summed E-state index contributed by atoms with van der Waals surface area (Å²) < 4.78 is 33.8. The number of nitrogens with zero attached hydrogens (tertiary/aromatic N) is 4. The molecule has 3 saturated carbocycles. The lowest BCUT2D eigenvalue weighted by molar-refractivity contribution is -0.227. The zero-order chi connectivity index (χ0) is 21.8. The molecule has 0 radical (unpaired) electrons. The number of carbonyl (C=O) groups excluding carboxylic acids is 1. The van der Waals surface area contributed by atoms with Crippen LogP contribution in [0.15, 0.2) is 35.6 Å². The van der Waals surface area contributed by atoms with Crippen molar-refractivity contribution in [3.05, 3.63) is 58.8 Å². The number of pyridine rings is 1. The quantitative estimate of drug-likeness (QED) is 0.728. The summed E-state index contributed by atoms with van der Waals surface area (Å²) >= 11 is 0. The van der Waals surface area contributed by atoms with E-state index in [2.05, 4.69) is 10.1 Å². The van der Waals surface area contributed by atoms with Gasteiger partial charge >= 0.3 is 0 Å². The molecule has 2 aromatic rings. The fraction of sp³-hybridized carbons (Fsp3) is 0.391. The predicted molar refractivity (Wildman–Crippen MR) is 107 cm³/mol. The molecule has 0 saturated heterocycles. The van der Waals surface area contributed by atoms with Crippen LogP contribution in [-0.2, 0) is 4.79 Å². The Morgan fingerprint density at radius 3 is 2.61 bits per heavy atom. The molecular formula is C23H20F2N4O2. The highest BCUT2D eigenvalue weighted by Crippen LogP contribution is 2.74. The van der Waals surface area contributed by atoms with Crippen molar-refractivity contribution in [1.29, 1.82) is 5.26 Å². The van der Waals surface area contributed by atoms with E-state index >= 15 is 0 Å². The molecule has 1 amide bonds. The number of hydrogen-bond donors (Lipinski definition) is 0. The summed E-state index contributed by atoms with van der Waals surface area (Å²) in [4.78, 5) is 17.3. The standard InChI is InChI=1S/C23H20F2N4O2/c1-14-17(24)6-16(7-18(14)25)19-4-5-28-29(19)21(30)23-10-22(11-23,12-23)13-31-20-3-2-15(8-26)9-27-20/h2-3,5-7,9,19H,4,10-13H2,1H3. The lowest BCUT2D eigenvalue weighted by atomic mass is 9.35. The smallest absolute Gasteiger partial charge is 0.249 e. The average Bonchev–Trinajstić information content (AvgIpc) is 3.20. The van der Waals surface area contributed by atoms with Crippen molar-refractivity contribution in [2.45, 2.75) is 38.6 Å². The Balaban J connectivity index is 1.23. The monoisotopic (exact) mass is 422 g/mol. The molecule has 6 nitrogen and oxygen atoms in total. The Bertz CT molecular complexity index is 1100. The highest BCUT2D eigenvalue weighted by molar-refractivity contribution is 5.88. The average molecular weight is 422 g/mol. The van der Waals surface area contributed by atoms with Gasteiger partial charge in [0.15, 0.2) is 0 Å². The number of benzene rings is 1. The minimum absolute atomic E-state index is 0.0290. The summed E-state index contributed by atoms with van der Waals surface area (Å²) in [6.07, 6.45) is 5.62. The summed E-state index contributed by atoms with van der Waals surface area (Å²) in [5.41, 5.74) is 0.341. The molecule has 0 N–H and O–H groups in total. The van der Waals surface area contributed by atoms with Crippen LogP contribution in [0.5, 0.6) is 5.88 Å². The molecule has 3 fully saturated rings. The summed E-state index contributed by atoms with van der Waals surface area (Å²) in [7, 11) is 0. The summed E-state index contributed by atoms with van der Waals surface area (Å²) in [5, 5.41) is 14.5. The number of halogens is 2. The largest absolute Gasteiger partial charge is 0.477 e. The van der Waals surface area contributed by atoms with E-state index in [1.54, 1.807) is 18.3 Å². The third kappa shape index (κ3) is 3.07. The van der Waals surface area contributed by atoms with Gasteiger partial charge < -0.3 is 4.74 Å². The minimum Gasteiger partial charge on any atom is -0.477 e. The van der Waals surface area contributed by atoms with Gasteiger partial charge in [0, 0.05) is 35.9 Å². The van der Waals surface area contributed by atoms with Crippen molar-refractivity contribution in [1.82, 2.24) is 9.99 Å². The van der Waals surface area contributed by atoms with Crippen LogP contribution in [-0.4, -0.2) is 28.7 Å². The van der Waals surface area contributed by atoms with Crippen LogP contribution < -0.4 is 4.74 Å². The van der Waals surface area contributed by atoms with Crippen LogP contribution in [0.3, 0.4) is 0 Å². The number of aromatic nitrogens is 1. The third-order valence-corrected chi connectivity index (χ3v) is 6.71. The number of ether oxygens (including phenoxy) is 1. The van der Waals surface area contributed by atoms with E-state index in [4.69, 9.17) is 10.00 Å². The highest BCUT2D eigenvalue weighted by atomic mass is 19.1. The van der Waals surface area contributed by atoms with Crippen LogP contribution in [0.25, 0.3) is 0 Å². The molecule has 2 bridgehead atoms. The van der Waals surface area contributed by atoms with Crippen molar-refractivity contribution >= 4 is 12.1 Å². The fourth-order valence-electron chi connectivity index (χ4n) is 5.12. The van der Waals surface area contributed by atoms with E-state index in [9.17, 15) is 13.6 Å². The van der Waals surface area contributed by atoms with Gasteiger partial charge in [0.25, 0.3) is 0 Å². The Morgan fingerprint density at radius 2 is 2.00 bits per heavy atom. The first-order valence-electron chi connectivity index (χ1n) is 10.2. The molecule has 4 aliphatic rings. The van der Waals surface area contributed by atoms with Crippen molar-refractivity contribution in [2.24, 2.45) is 15.9 Å². The van der Waals surface area contributed by atoms with Gasteiger partial charge in [-0.3, -0.25) is 4.79 Å². The van der Waals surface area contributed by atoms with Crippen molar-refractivity contribution in [2.75, 3.05) is 6.61 Å². The second-order valence-corrected chi connectivity index (χ2v) is 8.91. The second kappa shape index (κ2) is 6.84. The van der Waals surface area contributed by atoms with Crippen LogP contribution in [0.1, 0.15) is 48.4 Å². The number of hydrogen-bond acceptors (Lipinski definition) is 5. The molecule has 158 valence electrons. The molecule has 1 aliphatic heterocycles. The maximum atomic E-state index is 14.0. The lowest BCUT2D eigenvalue weighted by Crippen LogP contribution is -2.69. The van der Waals surface area contributed by atoms with E-state index in [1.165, 1.54) is 30.3 Å². The molecule has 1 unspecified atom stereocenters. The van der Waals surface area contributed by atoms with Gasteiger partial charge in [0.1, 0.15) is 17.7 Å². The van der Waals surface area contributed by atoms with Crippen LogP contribution in [0.2, 0.25) is 0 Å². The third-order valence-electron chi connectivity index (χ3n) is 6.71. The molecule has 6 rings (SSSR count). The van der Waals surface area contributed by atoms with Crippen LogP contribution >= 0.6 is 0 Å². The number of nitriles is 1. The van der Waals surface area contributed by atoms with Gasteiger partial charge in [-0.05, 0) is 49.9 Å². The van der Waals surface area contributed by atoms with E-state index < -0.39 is 23.1 Å². The van der Waals surface area contributed by atoms with Gasteiger partial charge in [-0.15, -0.1) is 0 Å². The summed E-state index contributed by atoms with van der Waals surface area (Å²) in [6, 6.07) is 7.42. The van der Waals surface area contributed by atoms with Crippen molar-refractivity contribution < 1.29 is 18.3 Å². The molecular weight excluding hydrogens is 402 g/mol. The number of amides is 1. The van der Waals surface area contributed by atoms with Crippen LogP contribution in [0.4, 0.5) is 8.78 Å². The lowest BCUT2D eigenvalue weighted by Gasteiger charge is -2.69. The van der Waals surface area contributed by atoms with E-state index in [0.29, 0.717) is 49.3 Å². The summed E-state index contributed by atoms with van der Waals surface area (Å²) in [6.45, 7) is 1.85. The molecule has 8 heteroatoms. The van der Waals surface area contributed by atoms with E-state index in [1.807, 2.05) is 6.07 Å². The molecule has 31 heavy (non-hydrogen) atoms. The fourth-order valence-corrected chi connectivity index (χ4v) is 5.12. The zero-order valence-electron chi connectivity index (χ0n) is 16.9. The Hall–Kier alpha value is -3.34. The number of hydrazone groups is 1. The SMILES string of the molecule is Cc1c(F)cc(C2CC=NN2C(=O)C23CC(COc4ccc(C#N)cn4)(C2)C3)cc1F. The summed E-state index contributed by atoms with van der Waals surface area (Å²) in [5.74, 6) is -0.873. The Morgan fingerprint density at radius 1 is 1.29 bits per heavy atom. The Kier molecular flexibility index (Phi) is 4.33. The van der Waals surface area contributed by atoms with Crippen LogP contribution in [0, 0.1) is 40.7 Å².